The van der Waals surface area contributed by atoms with Gasteiger partial charge < -0.3 is 5.32 Å². The monoisotopic (exact) mass is 464 g/mol. The van der Waals surface area contributed by atoms with Crippen molar-refractivity contribution in [3.63, 3.8) is 0 Å². The van der Waals surface area contributed by atoms with E-state index in [-0.39, 0.29) is 0 Å². The molecule has 1 atom stereocenters. The predicted molar refractivity (Wildman–Crippen MR) is 149 cm³/mol. The molecule has 1 N–H and O–H groups in total. The van der Waals surface area contributed by atoms with Crippen molar-refractivity contribution >= 4 is 11.4 Å². The number of nitrogens with zero attached hydrogens (tertiary/aromatic N) is 1. The number of nitriles is 1. The van der Waals surface area contributed by atoms with Crippen LogP contribution in [0.3, 0.4) is 0 Å². The first kappa shape index (κ1) is 23.1. The fraction of sp³-hybridized carbons (Fsp3) is 0.0882. The largest absolute Gasteiger partial charge is 0.356 e. The molecule has 0 saturated heterocycles. The van der Waals surface area contributed by atoms with Gasteiger partial charge in [-0.3, -0.25) is 0 Å². The Kier molecular flexibility index (Phi) is 6.92. The molecule has 36 heavy (non-hydrogen) atoms. The van der Waals surface area contributed by atoms with E-state index in [0.29, 0.717) is 12.8 Å². The predicted octanol–water partition coefficient (Wildman–Crippen LogP) is 8.74. The Morgan fingerprint density at radius 3 is 1.53 bits per heavy atom. The fourth-order valence-corrected chi connectivity index (χ4v) is 5.00. The molecule has 174 valence electrons. The van der Waals surface area contributed by atoms with Gasteiger partial charge in [-0.25, -0.2) is 0 Å². The molecule has 0 amide bonds. The summed E-state index contributed by atoms with van der Waals surface area (Å²) in [7, 11) is 0. The normalized spacial score (nSPS) is 12.3. The molecule has 0 aliphatic heterocycles. The van der Waals surface area contributed by atoms with Gasteiger partial charge >= 0.3 is 0 Å². The Balaban J connectivity index is 1.59. The lowest BCUT2D eigenvalue weighted by Crippen LogP contribution is -2.29. The summed E-state index contributed by atoms with van der Waals surface area (Å²) in [6.07, 6.45) is 1.16. The molecule has 1 unspecified atom stereocenters. The van der Waals surface area contributed by atoms with E-state index in [0.717, 1.165) is 11.4 Å². The third-order valence-electron chi connectivity index (χ3n) is 6.80. The van der Waals surface area contributed by atoms with Gasteiger partial charge in [-0.05, 0) is 58.5 Å². The minimum absolute atomic E-state index is 0.433. The van der Waals surface area contributed by atoms with Crippen molar-refractivity contribution in [2.24, 2.45) is 0 Å². The zero-order valence-electron chi connectivity index (χ0n) is 20.1. The molecule has 0 fully saturated rings. The summed E-state index contributed by atoms with van der Waals surface area (Å²) >= 11 is 0. The summed E-state index contributed by atoms with van der Waals surface area (Å²) in [5.41, 5.74) is 7.59. The van der Waals surface area contributed by atoms with E-state index < -0.39 is 5.41 Å². The molecule has 0 heterocycles. The molecule has 0 saturated carbocycles. The molecule has 2 heteroatoms. The molecule has 0 aliphatic rings. The topological polar surface area (TPSA) is 35.8 Å². The first-order valence-corrected chi connectivity index (χ1v) is 12.3. The van der Waals surface area contributed by atoms with Gasteiger partial charge in [-0.15, -0.1) is 0 Å². The maximum Gasteiger partial charge on any atom is 0.0622 e. The highest BCUT2D eigenvalue weighted by atomic mass is 14.9. The van der Waals surface area contributed by atoms with Gasteiger partial charge in [-0.1, -0.05) is 115 Å². The zero-order valence-corrected chi connectivity index (χ0v) is 20.1. The van der Waals surface area contributed by atoms with Crippen LogP contribution in [0.15, 0.2) is 140 Å². The average Bonchev–Trinajstić information content (AvgIpc) is 2.96. The van der Waals surface area contributed by atoms with E-state index in [9.17, 15) is 5.26 Å². The smallest absolute Gasteiger partial charge is 0.0622 e. The molecule has 2 nitrogen and oxygen atoms in total. The molecule has 5 aromatic carbocycles. The highest BCUT2D eigenvalue weighted by molar-refractivity contribution is 5.65. The van der Waals surface area contributed by atoms with E-state index in [2.05, 4.69) is 121 Å². The summed E-state index contributed by atoms with van der Waals surface area (Å²) in [5, 5.41) is 13.1. The Labute approximate surface area is 213 Å². The second-order valence-corrected chi connectivity index (χ2v) is 8.94. The fourth-order valence-electron chi connectivity index (χ4n) is 5.00. The van der Waals surface area contributed by atoms with E-state index in [1.54, 1.807) is 0 Å². The van der Waals surface area contributed by atoms with Gasteiger partial charge in [0, 0.05) is 23.2 Å². The number of benzene rings is 5. The van der Waals surface area contributed by atoms with E-state index in [1.807, 2.05) is 30.3 Å². The minimum Gasteiger partial charge on any atom is -0.356 e. The maximum atomic E-state index is 9.61. The molecule has 5 rings (SSSR count). The lowest BCUT2D eigenvalue weighted by Gasteiger charge is -2.36. The molecular weight excluding hydrogens is 436 g/mol. The van der Waals surface area contributed by atoms with Crippen LogP contribution in [0.25, 0.3) is 11.1 Å². The first-order valence-electron chi connectivity index (χ1n) is 12.3. The Hall–Kier alpha value is -4.61. The number of anilines is 2. The quantitative estimate of drug-likeness (QED) is 0.233. The lowest BCUT2D eigenvalue weighted by molar-refractivity contribution is 0.569. The third kappa shape index (κ3) is 4.78. The molecule has 0 bridgehead atoms. The first-order chi connectivity index (χ1) is 17.8. The second kappa shape index (κ2) is 10.8. The summed E-state index contributed by atoms with van der Waals surface area (Å²) in [5.74, 6) is 0. The van der Waals surface area contributed by atoms with Gasteiger partial charge in [0.15, 0.2) is 0 Å². The summed E-state index contributed by atoms with van der Waals surface area (Å²) in [6, 6.07) is 51.1. The SMILES string of the molecule is N#CCCC(c1ccccc1)(c1ccc(Nc2ccccc2)cc1)c1ccc(-c2ccccc2)cc1. The minimum atomic E-state index is -0.433. The summed E-state index contributed by atoms with van der Waals surface area (Å²) in [4.78, 5) is 0. The zero-order chi connectivity index (χ0) is 24.6. The Morgan fingerprint density at radius 1 is 0.500 bits per heavy atom. The molecular formula is C34H28N2. The average molecular weight is 465 g/mol. The van der Waals surface area contributed by atoms with E-state index in [1.165, 1.54) is 27.8 Å². The number of nitrogens with one attached hydrogen (secondary N) is 1. The van der Waals surface area contributed by atoms with Crippen LogP contribution in [0.5, 0.6) is 0 Å². The summed E-state index contributed by atoms with van der Waals surface area (Å²) in [6.45, 7) is 0. The van der Waals surface area contributed by atoms with Crippen LogP contribution in [0.2, 0.25) is 0 Å². The van der Waals surface area contributed by atoms with Crippen LogP contribution in [0.1, 0.15) is 29.5 Å². The van der Waals surface area contributed by atoms with Crippen molar-refractivity contribution in [3.8, 4) is 17.2 Å². The van der Waals surface area contributed by atoms with Gasteiger partial charge in [-0.2, -0.15) is 5.26 Å². The molecule has 0 radical (unpaired) electrons. The highest BCUT2D eigenvalue weighted by Gasteiger charge is 2.36. The van der Waals surface area contributed by atoms with Crippen molar-refractivity contribution < 1.29 is 0 Å². The molecule has 5 aromatic rings. The van der Waals surface area contributed by atoms with Crippen molar-refractivity contribution in [2.45, 2.75) is 18.3 Å². The lowest BCUT2D eigenvalue weighted by atomic mass is 9.66. The van der Waals surface area contributed by atoms with E-state index in [4.69, 9.17) is 0 Å². The summed E-state index contributed by atoms with van der Waals surface area (Å²) < 4.78 is 0. The van der Waals surface area contributed by atoms with Crippen LogP contribution in [0.4, 0.5) is 11.4 Å². The van der Waals surface area contributed by atoms with Crippen LogP contribution in [-0.2, 0) is 5.41 Å². The number of hydrogen-bond donors (Lipinski definition) is 1. The Morgan fingerprint density at radius 2 is 0.944 bits per heavy atom. The maximum absolute atomic E-state index is 9.61. The number of para-hydroxylation sites is 1. The van der Waals surface area contributed by atoms with Gasteiger partial charge in [0.05, 0.1) is 6.07 Å². The molecule has 0 aliphatic carbocycles. The van der Waals surface area contributed by atoms with Crippen molar-refractivity contribution in [3.05, 3.63) is 156 Å². The van der Waals surface area contributed by atoms with Crippen molar-refractivity contribution in [1.29, 1.82) is 5.26 Å². The number of rotatable bonds is 8. The van der Waals surface area contributed by atoms with Gasteiger partial charge in [0.2, 0.25) is 0 Å². The van der Waals surface area contributed by atoms with Crippen LogP contribution in [0, 0.1) is 11.3 Å². The number of hydrogen-bond acceptors (Lipinski definition) is 2. The second-order valence-electron chi connectivity index (χ2n) is 8.94. The molecule has 0 aromatic heterocycles. The highest BCUT2D eigenvalue weighted by Crippen LogP contribution is 2.44. The van der Waals surface area contributed by atoms with Gasteiger partial charge in [0.25, 0.3) is 0 Å². The van der Waals surface area contributed by atoms with Gasteiger partial charge in [0.1, 0.15) is 0 Å². The van der Waals surface area contributed by atoms with E-state index >= 15 is 0 Å². The van der Waals surface area contributed by atoms with Crippen LogP contribution < -0.4 is 5.32 Å². The molecule has 0 spiro atoms. The third-order valence-corrected chi connectivity index (χ3v) is 6.80. The van der Waals surface area contributed by atoms with Crippen LogP contribution in [-0.4, -0.2) is 0 Å². The Bertz CT molecular complexity index is 1420. The van der Waals surface area contributed by atoms with Crippen molar-refractivity contribution in [1.82, 2.24) is 0 Å². The van der Waals surface area contributed by atoms with Crippen molar-refractivity contribution in [2.75, 3.05) is 5.32 Å². The standard InChI is InChI=1S/C34H28N2/c35-26-10-25-34(29-13-6-2-7-14-29,30-19-17-28(18-20-30)27-11-4-1-5-12-27)31-21-23-33(24-22-31)36-32-15-8-3-9-16-32/h1-9,11-24,36H,10,25H2. The van der Waals surface area contributed by atoms with Crippen LogP contribution >= 0.6 is 0 Å².